The third kappa shape index (κ3) is 3.12. The molecule has 108 valence electrons. The SMILES string of the molecule is CC1(C(=O)O)CCN(C(=O)CCc2ccccc2Cl)C1. The van der Waals surface area contributed by atoms with E-state index in [0.29, 0.717) is 37.4 Å². The Hall–Kier alpha value is -1.55. The number of hydrogen-bond acceptors (Lipinski definition) is 2. The van der Waals surface area contributed by atoms with Gasteiger partial charge in [-0.05, 0) is 31.4 Å². The summed E-state index contributed by atoms with van der Waals surface area (Å²) in [6.45, 7) is 2.50. The van der Waals surface area contributed by atoms with Gasteiger partial charge in [0, 0.05) is 24.5 Å². The van der Waals surface area contributed by atoms with E-state index >= 15 is 0 Å². The van der Waals surface area contributed by atoms with E-state index in [1.54, 1.807) is 17.9 Å². The summed E-state index contributed by atoms with van der Waals surface area (Å²) in [5, 5.41) is 9.82. The van der Waals surface area contributed by atoms with Crippen molar-refractivity contribution in [3.05, 3.63) is 34.9 Å². The minimum Gasteiger partial charge on any atom is -0.481 e. The Kier molecular flexibility index (Phi) is 4.33. The van der Waals surface area contributed by atoms with Crippen molar-refractivity contribution in [2.24, 2.45) is 5.41 Å². The van der Waals surface area contributed by atoms with Crippen molar-refractivity contribution in [1.29, 1.82) is 0 Å². The van der Waals surface area contributed by atoms with E-state index in [1.807, 2.05) is 18.2 Å². The van der Waals surface area contributed by atoms with Crippen molar-refractivity contribution in [2.75, 3.05) is 13.1 Å². The van der Waals surface area contributed by atoms with E-state index in [0.717, 1.165) is 5.56 Å². The summed E-state index contributed by atoms with van der Waals surface area (Å²) in [5.74, 6) is -0.839. The van der Waals surface area contributed by atoms with Gasteiger partial charge in [0.15, 0.2) is 0 Å². The number of likely N-dealkylation sites (tertiary alicyclic amines) is 1. The third-order valence-corrected chi connectivity index (χ3v) is 4.28. The molecule has 1 saturated heterocycles. The molecule has 0 spiro atoms. The number of carbonyl (C=O) groups is 2. The van der Waals surface area contributed by atoms with E-state index in [4.69, 9.17) is 16.7 Å². The standard InChI is InChI=1S/C15H18ClNO3/c1-15(14(19)20)8-9-17(10-15)13(18)7-6-11-4-2-3-5-12(11)16/h2-5H,6-10H2,1H3,(H,19,20). The normalized spacial score (nSPS) is 22.0. The average Bonchev–Trinajstić information content (AvgIpc) is 2.82. The summed E-state index contributed by atoms with van der Waals surface area (Å²) in [6, 6.07) is 7.45. The van der Waals surface area contributed by atoms with Crippen LogP contribution in [0.5, 0.6) is 0 Å². The second-order valence-electron chi connectivity index (χ2n) is 5.52. The zero-order valence-corrected chi connectivity index (χ0v) is 12.2. The average molecular weight is 296 g/mol. The summed E-state index contributed by atoms with van der Waals surface area (Å²) < 4.78 is 0. The highest BCUT2D eigenvalue weighted by molar-refractivity contribution is 6.31. The van der Waals surface area contributed by atoms with Crippen molar-refractivity contribution in [3.63, 3.8) is 0 Å². The number of carbonyl (C=O) groups excluding carboxylic acids is 1. The Morgan fingerprint density at radius 1 is 1.40 bits per heavy atom. The first-order valence-electron chi connectivity index (χ1n) is 6.67. The predicted molar refractivity (Wildman–Crippen MR) is 76.7 cm³/mol. The smallest absolute Gasteiger partial charge is 0.311 e. The van der Waals surface area contributed by atoms with E-state index in [-0.39, 0.29) is 5.91 Å². The van der Waals surface area contributed by atoms with Gasteiger partial charge in [0.25, 0.3) is 0 Å². The first-order chi connectivity index (χ1) is 9.42. The summed E-state index contributed by atoms with van der Waals surface area (Å²) in [5.41, 5.74) is 0.141. The van der Waals surface area contributed by atoms with Gasteiger partial charge in [0.2, 0.25) is 5.91 Å². The molecule has 20 heavy (non-hydrogen) atoms. The molecule has 1 unspecified atom stereocenters. The molecule has 1 aromatic carbocycles. The minimum absolute atomic E-state index is 0.00473. The van der Waals surface area contributed by atoms with Crippen LogP contribution in [0.15, 0.2) is 24.3 Å². The number of aryl methyl sites for hydroxylation is 1. The van der Waals surface area contributed by atoms with Crippen molar-refractivity contribution in [2.45, 2.75) is 26.2 Å². The van der Waals surface area contributed by atoms with E-state index < -0.39 is 11.4 Å². The third-order valence-electron chi connectivity index (χ3n) is 3.91. The van der Waals surface area contributed by atoms with Gasteiger partial charge in [0.1, 0.15) is 0 Å². The maximum Gasteiger partial charge on any atom is 0.311 e. The maximum absolute atomic E-state index is 12.1. The zero-order chi connectivity index (χ0) is 14.8. The molecule has 5 heteroatoms. The molecule has 4 nitrogen and oxygen atoms in total. The van der Waals surface area contributed by atoms with Gasteiger partial charge in [-0.25, -0.2) is 0 Å². The number of hydrogen-bond donors (Lipinski definition) is 1. The van der Waals surface area contributed by atoms with Gasteiger partial charge in [-0.2, -0.15) is 0 Å². The van der Waals surface area contributed by atoms with Gasteiger partial charge in [-0.15, -0.1) is 0 Å². The topological polar surface area (TPSA) is 57.6 Å². The molecule has 1 aliphatic rings. The minimum atomic E-state index is -0.834. The molecule has 1 heterocycles. The second-order valence-corrected chi connectivity index (χ2v) is 5.93. The summed E-state index contributed by atoms with van der Waals surface area (Å²) in [4.78, 5) is 24.9. The number of amides is 1. The molecular weight excluding hydrogens is 278 g/mol. The van der Waals surface area contributed by atoms with Gasteiger partial charge in [-0.3, -0.25) is 9.59 Å². The Balaban J connectivity index is 1.91. The van der Waals surface area contributed by atoms with Crippen LogP contribution in [0.25, 0.3) is 0 Å². The van der Waals surface area contributed by atoms with Crippen LogP contribution >= 0.6 is 11.6 Å². The number of nitrogens with zero attached hydrogens (tertiary/aromatic N) is 1. The molecule has 1 N–H and O–H groups in total. The quantitative estimate of drug-likeness (QED) is 0.929. The molecule has 1 aliphatic heterocycles. The molecule has 0 aliphatic carbocycles. The number of carboxylic acids is 1. The summed E-state index contributed by atoms with van der Waals surface area (Å²) >= 11 is 6.05. The van der Waals surface area contributed by atoms with Crippen LogP contribution in [-0.2, 0) is 16.0 Å². The van der Waals surface area contributed by atoms with Crippen molar-refractivity contribution < 1.29 is 14.7 Å². The monoisotopic (exact) mass is 295 g/mol. The first-order valence-corrected chi connectivity index (χ1v) is 7.05. The highest BCUT2D eigenvalue weighted by Gasteiger charge is 2.41. The molecule has 1 fully saturated rings. The second kappa shape index (κ2) is 5.83. The molecule has 0 saturated carbocycles. The van der Waals surface area contributed by atoms with Crippen molar-refractivity contribution in [1.82, 2.24) is 4.90 Å². The molecule has 1 aromatic rings. The molecule has 0 aromatic heterocycles. The Morgan fingerprint density at radius 3 is 2.70 bits per heavy atom. The van der Waals surface area contributed by atoms with Gasteiger partial charge >= 0.3 is 5.97 Å². The lowest BCUT2D eigenvalue weighted by atomic mass is 9.90. The highest BCUT2D eigenvalue weighted by Crippen LogP contribution is 2.30. The fourth-order valence-electron chi connectivity index (χ4n) is 2.45. The van der Waals surface area contributed by atoms with Crippen LogP contribution in [0.4, 0.5) is 0 Å². The summed E-state index contributed by atoms with van der Waals surface area (Å²) in [7, 11) is 0. The summed E-state index contributed by atoms with van der Waals surface area (Å²) in [6.07, 6.45) is 1.46. The van der Waals surface area contributed by atoms with Crippen LogP contribution in [0, 0.1) is 5.41 Å². The van der Waals surface area contributed by atoms with Crippen molar-refractivity contribution >= 4 is 23.5 Å². The van der Waals surface area contributed by atoms with Crippen LogP contribution in [-0.4, -0.2) is 35.0 Å². The number of halogens is 1. The number of benzene rings is 1. The lowest BCUT2D eigenvalue weighted by Gasteiger charge is -2.20. The Bertz CT molecular complexity index is 532. The zero-order valence-electron chi connectivity index (χ0n) is 11.4. The van der Waals surface area contributed by atoms with E-state index in [2.05, 4.69) is 0 Å². The van der Waals surface area contributed by atoms with Crippen LogP contribution < -0.4 is 0 Å². The van der Waals surface area contributed by atoms with Gasteiger partial charge < -0.3 is 10.0 Å². The largest absolute Gasteiger partial charge is 0.481 e. The lowest BCUT2D eigenvalue weighted by Crippen LogP contribution is -2.34. The van der Waals surface area contributed by atoms with E-state index in [1.165, 1.54) is 0 Å². The maximum atomic E-state index is 12.1. The molecule has 1 atom stereocenters. The van der Waals surface area contributed by atoms with Crippen molar-refractivity contribution in [3.8, 4) is 0 Å². The van der Waals surface area contributed by atoms with Crippen LogP contribution in [0.2, 0.25) is 5.02 Å². The number of rotatable bonds is 4. The molecule has 1 amide bonds. The Labute approximate surface area is 123 Å². The molecular formula is C15H18ClNO3. The lowest BCUT2D eigenvalue weighted by molar-refractivity contribution is -0.147. The molecule has 0 bridgehead atoms. The predicted octanol–water partition coefficient (Wildman–Crippen LogP) is 2.60. The van der Waals surface area contributed by atoms with Crippen LogP contribution in [0.1, 0.15) is 25.3 Å². The fraction of sp³-hybridized carbons (Fsp3) is 0.467. The Morgan fingerprint density at radius 2 is 2.10 bits per heavy atom. The van der Waals surface area contributed by atoms with Gasteiger partial charge in [-0.1, -0.05) is 29.8 Å². The van der Waals surface area contributed by atoms with Crippen LogP contribution in [0.3, 0.4) is 0 Å². The number of aliphatic carboxylic acids is 1. The van der Waals surface area contributed by atoms with Gasteiger partial charge in [0.05, 0.1) is 5.41 Å². The molecule has 0 radical (unpaired) electrons. The molecule has 2 rings (SSSR count). The first kappa shape index (κ1) is 14.9. The number of carboxylic acid groups (broad SMARTS) is 1. The van der Waals surface area contributed by atoms with E-state index in [9.17, 15) is 9.59 Å². The highest BCUT2D eigenvalue weighted by atomic mass is 35.5. The fourth-order valence-corrected chi connectivity index (χ4v) is 2.68.